The number of likely N-dealkylation sites (tertiary alicyclic amines) is 1. The van der Waals surface area contributed by atoms with Gasteiger partial charge in [-0.2, -0.15) is 0 Å². The van der Waals surface area contributed by atoms with E-state index in [0.29, 0.717) is 11.8 Å². The fourth-order valence-electron chi connectivity index (χ4n) is 2.35. The molecule has 0 aromatic heterocycles. The van der Waals surface area contributed by atoms with Crippen LogP contribution in [-0.4, -0.2) is 37.1 Å². The molecule has 0 aliphatic carbocycles. The molecule has 1 fully saturated rings. The lowest BCUT2D eigenvalue weighted by Gasteiger charge is -2.37. The minimum Gasteiger partial charge on any atom is -0.468 e. The Balaban J connectivity index is 2.54. The highest BCUT2D eigenvalue weighted by Crippen LogP contribution is 2.22. The summed E-state index contributed by atoms with van der Waals surface area (Å²) in [6.45, 7) is 8.44. The molecule has 1 aliphatic rings. The van der Waals surface area contributed by atoms with E-state index in [0.717, 1.165) is 13.1 Å². The molecular weight excluding hydrogens is 178 g/mol. The maximum absolute atomic E-state index is 11.4. The number of nitrogens with zero attached hydrogens (tertiary/aromatic N) is 1. The maximum Gasteiger partial charge on any atom is 0.322 e. The summed E-state index contributed by atoms with van der Waals surface area (Å²) in [6.07, 6.45) is 1.27. The Morgan fingerprint density at radius 1 is 1.36 bits per heavy atom. The Bertz CT molecular complexity index is 195. The highest BCUT2D eigenvalue weighted by molar-refractivity contribution is 5.75. The molecular formula is C11H21NO2. The van der Waals surface area contributed by atoms with Crippen molar-refractivity contribution < 1.29 is 9.53 Å². The molecule has 1 aliphatic heterocycles. The van der Waals surface area contributed by atoms with Gasteiger partial charge in [-0.15, -0.1) is 0 Å². The molecule has 0 unspecified atom stereocenters. The van der Waals surface area contributed by atoms with Gasteiger partial charge in [-0.3, -0.25) is 9.69 Å². The SMILES string of the molecule is COC(=O)[C@H](C)N1C[C@@H](C)C[C@H](C)C1. The second kappa shape index (κ2) is 4.78. The predicted molar refractivity (Wildman–Crippen MR) is 56.0 cm³/mol. The molecule has 0 bridgehead atoms. The summed E-state index contributed by atoms with van der Waals surface area (Å²) in [5.41, 5.74) is 0. The molecule has 0 amide bonds. The number of hydrogen-bond donors (Lipinski definition) is 0. The third-order valence-electron chi connectivity index (χ3n) is 2.99. The molecule has 0 aromatic carbocycles. The molecule has 3 atom stereocenters. The zero-order valence-electron chi connectivity index (χ0n) is 9.62. The largest absolute Gasteiger partial charge is 0.468 e. The third-order valence-corrected chi connectivity index (χ3v) is 2.99. The summed E-state index contributed by atoms with van der Waals surface area (Å²) in [5.74, 6) is 1.25. The van der Waals surface area contributed by atoms with Crippen LogP contribution in [-0.2, 0) is 9.53 Å². The number of methoxy groups -OCH3 is 1. The van der Waals surface area contributed by atoms with Crippen LogP contribution < -0.4 is 0 Å². The first kappa shape index (κ1) is 11.5. The third kappa shape index (κ3) is 2.71. The molecule has 1 rings (SSSR count). The van der Waals surface area contributed by atoms with E-state index in [1.165, 1.54) is 13.5 Å². The fourth-order valence-corrected chi connectivity index (χ4v) is 2.35. The standard InChI is InChI=1S/C11H21NO2/c1-8-5-9(2)7-12(6-8)10(3)11(13)14-4/h8-10H,5-7H2,1-4H3/t8-,9-,10-/m0/s1. The highest BCUT2D eigenvalue weighted by Gasteiger charge is 2.28. The van der Waals surface area contributed by atoms with Gasteiger partial charge >= 0.3 is 5.97 Å². The van der Waals surface area contributed by atoms with E-state index >= 15 is 0 Å². The summed E-state index contributed by atoms with van der Waals surface area (Å²) in [5, 5.41) is 0. The average Bonchev–Trinajstić information content (AvgIpc) is 2.14. The van der Waals surface area contributed by atoms with Crippen molar-refractivity contribution in [2.24, 2.45) is 11.8 Å². The first-order valence-electron chi connectivity index (χ1n) is 5.36. The van der Waals surface area contributed by atoms with Gasteiger partial charge in [0.25, 0.3) is 0 Å². The Morgan fingerprint density at radius 2 is 1.86 bits per heavy atom. The van der Waals surface area contributed by atoms with E-state index in [2.05, 4.69) is 18.7 Å². The van der Waals surface area contributed by atoms with Crippen molar-refractivity contribution in [3.05, 3.63) is 0 Å². The number of esters is 1. The summed E-state index contributed by atoms with van der Waals surface area (Å²) in [6, 6.07) is -0.0924. The fraction of sp³-hybridized carbons (Fsp3) is 0.909. The monoisotopic (exact) mass is 199 g/mol. The van der Waals surface area contributed by atoms with Crippen molar-refractivity contribution in [2.45, 2.75) is 33.2 Å². The Hall–Kier alpha value is -0.570. The first-order chi connectivity index (χ1) is 6.54. The Kier molecular flexibility index (Phi) is 3.93. The Morgan fingerprint density at radius 3 is 2.29 bits per heavy atom. The van der Waals surface area contributed by atoms with E-state index in [-0.39, 0.29) is 12.0 Å². The topological polar surface area (TPSA) is 29.5 Å². The zero-order chi connectivity index (χ0) is 10.7. The highest BCUT2D eigenvalue weighted by atomic mass is 16.5. The number of carbonyl (C=O) groups is 1. The number of rotatable bonds is 2. The van der Waals surface area contributed by atoms with Crippen LogP contribution in [0, 0.1) is 11.8 Å². The summed E-state index contributed by atoms with van der Waals surface area (Å²) in [7, 11) is 1.45. The quantitative estimate of drug-likeness (QED) is 0.632. The lowest BCUT2D eigenvalue weighted by atomic mass is 9.91. The lowest BCUT2D eigenvalue weighted by molar-refractivity contribution is -0.147. The van der Waals surface area contributed by atoms with Crippen LogP contribution in [0.3, 0.4) is 0 Å². The van der Waals surface area contributed by atoms with Gasteiger partial charge in [-0.25, -0.2) is 0 Å². The van der Waals surface area contributed by atoms with Gasteiger partial charge in [0.1, 0.15) is 6.04 Å². The molecule has 3 nitrogen and oxygen atoms in total. The molecule has 14 heavy (non-hydrogen) atoms. The number of hydrogen-bond acceptors (Lipinski definition) is 3. The molecule has 0 N–H and O–H groups in total. The van der Waals surface area contributed by atoms with E-state index in [4.69, 9.17) is 4.74 Å². The van der Waals surface area contributed by atoms with Crippen LogP contribution in [0.15, 0.2) is 0 Å². The van der Waals surface area contributed by atoms with Crippen molar-refractivity contribution >= 4 is 5.97 Å². The second-order valence-corrected chi connectivity index (χ2v) is 4.60. The van der Waals surface area contributed by atoms with Crippen LogP contribution in [0.4, 0.5) is 0 Å². The van der Waals surface area contributed by atoms with E-state index in [1.807, 2.05) is 6.92 Å². The van der Waals surface area contributed by atoms with Gasteiger partial charge in [0.05, 0.1) is 7.11 Å². The Labute approximate surface area is 86.4 Å². The van der Waals surface area contributed by atoms with E-state index < -0.39 is 0 Å². The molecule has 0 saturated carbocycles. The summed E-state index contributed by atoms with van der Waals surface area (Å²) >= 11 is 0. The molecule has 0 spiro atoms. The van der Waals surface area contributed by atoms with E-state index in [9.17, 15) is 4.79 Å². The van der Waals surface area contributed by atoms with Crippen LogP contribution in [0.5, 0.6) is 0 Å². The zero-order valence-corrected chi connectivity index (χ0v) is 9.62. The van der Waals surface area contributed by atoms with Gasteiger partial charge in [-0.1, -0.05) is 13.8 Å². The number of ether oxygens (including phenoxy) is 1. The predicted octanol–water partition coefficient (Wildman–Crippen LogP) is 1.53. The molecule has 3 heteroatoms. The minimum absolute atomic E-state index is 0.0924. The van der Waals surface area contributed by atoms with E-state index in [1.54, 1.807) is 0 Å². The van der Waals surface area contributed by atoms with Crippen molar-refractivity contribution in [3.8, 4) is 0 Å². The molecule has 0 aromatic rings. The maximum atomic E-state index is 11.4. The van der Waals surface area contributed by atoms with Crippen LogP contribution in [0.25, 0.3) is 0 Å². The smallest absolute Gasteiger partial charge is 0.322 e. The van der Waals surface area contributed by atoms with Gasteiger partial charge in [0, 0.05) is 13.1 Å². The number of piperidine rings is 1. The minimum atomic E-state index is -0.119. The van der Waals surface area contributed by atoms with Gasteiger partial charge < -0.3 is 4.74 Å². The molecule has 1 heterocycles. The molecule has 1 saturated heterocycles. The van der Waals surface area contributed by atoms with Gasteiger partial charge in [0.15, 0.2) is 0 Å². The van der Waals surface area contributed by atoms with Crippen LogP contribution >= 0.6 is 0 Å². The summed E-state index contributed by atoms with van der Waals surface area (Å²) < 4.78 is 4.76. The number of carbonyl (C=O) groups excluding carboxylic acids is 1. The average molecular weight is 199 g/mol. The van der Waals surface area contributed by atoms with Crippen molar-refractivity contribution in [2.75, 3.05) is 20.2 Å². The molecule has 82 valence electrons. The van der Waals surface area contributed by atoms with Crippen molar-refractivity contribution in [1.29, 1.82) is 0 Å². The van der Waals surface area contributed by atoms with Gasteiger partial charge in [0.2, 0.25) is 0 Å². The molecule has 0 radical (unpaired) electrons. The van der Waals surface area contributed by atoms with Crippen molar-refractivity contribution in [1.82, 2.24) is 4.90 Å². The lowest BCUT2D eigenvalue weighted by Crippen LogP contribution is -2.47. The van der Waals surface area contributed by atoms with Gasteiger partial charge in [-0.05, 0) is 25.2 Å². The second-order valence-electron chi connectivity index (χ2n) is 4.60. The van der Waals surface area contributed by atoms with Crippen LogP contribution in [0.2, 0.25) is 0 Å². The summed E-state index contributed by atoms with van der Waals surface area (Å²) in [4.78, 5) is 13.6. The normalized spacial score (nSPS) is 31.1. The van der Waals surface area contributed by atoms with Crippen molar-refractivity contribution in [3.63, 3.8) is 0 Å². The first-order valence-corrected chi connectivity index (χ1v) is 5.36. The van der Waals surface area contributed by atoms with Crippen LogP contribution in [0.1, 0.15) is 27.2 Å².